The second-order valence-electron chi connectivity index (χ2n) is 5.36. The summed E-state index contributed by atoms with van der Waals surface area (Å²) in [6, 6.07) is 4.99. The molecule has 0 saturated heterocycles. The summed E-state index contributed by atoms with van der Waals surface area (Å²) in [6.07, 6.45) is 4.06. The fourth-order valence-electron chi connectivity index (χ4n) is 2.15. The quantitative estimate of drug-likeness (QED) is 0.868. The van der Waals surface area contributed by atoms with Gasteiger partial charge in [0.1, 0.15) is 17.4 Å². The third kappa shape index (κ3) is 3.59. The van der Waals surface area contributed by atoms with Crippen LogP contribution in [0.3, 0.4) is 0 Å². The third-order valence-electron chi connectivity index (χ3n) is 3.17. The van der Waals surface area contributed by atoms with E-state index in [9.17, 15) is 9.59 Å². The van der Waals surface area contributed by atoms with Gasteiger partial charge in [-0.1, -0.05) is 19.9 Å². The molecule has 0 unspecified atom stereocenters. The van der Waals surface area contributed by atoms with Gasteiger partial charge in [0.25, 0.3) is 5.91 Å². The van der Waals surface area contributed by atoms with Gasteiger partial charge in [-0.25, -0.2) is 4.98 Å². The van der Waals surface area contributed by atoms with Crippen molar-refractivity contribution in [1.82, 2.24) is 20.0 Å². The monoisotopic (exact) mass is 288 g/mol. The lowest BCUT2D eigenvalue weighted by molar-refractivity contribution is -0.122. The summed E-state index contributed by atoms with van der Waals surface area (Å²) in [4.78, 5) is 28.3. The zero-order valence-electron chi connectivity index (χ0n) is 12.5. The fourth-order valence-corrected chi connectivity index (χ4v) is 2.15. The van der Waals surface area contributed by atoms with Crippen LogP contribution in [-0.2, 0) is 4.79 Å². The lowest BCUT2D eigenvalue weighted by Gasteiger charge is -2.18. The van der Waals surface area contributed by atoms with Gasteiger partial charge in [-0.2, -0.15) is 0 Å². The Hall–Kier alpha value is -2.37. The number of nitrogens with zero attached hydrogens (tertiary/aromatic N) is 2. The highest BCUT2D eigenvalue weighted by atomic mass is 16.2. The van der Waals surface area contributed by atoms with Gasteiger partial charge in [-0.15, -0.1) is 0 Å². The molecule has 6 nitrogen and oxygen atoms in total. The number of pyridine rings is 1. The topological polar surface area (TPSA) is 75.5 Å². The van der Waals surface area contributed by atoms with Crippen molar-refractivity contribution in [3.63, 3.8) is 0 Å². The van der Waals surface area contributed by atoms with Gasteiger partial charge >= 0.3 is 0 Å². The number of rotatable bonds is 5. The highest BCUT2D eigenvalue weighted by Crippen LogP contribution is 2.08. The van der Waals surface area contributed by atoms with E-state index < -0.39 is 6.04 Å². The van der Waals surface area contributed by atoms with E-state index in [1.807, 2.05) is 38.2 Å². The molecule has 0 radical (unpaired) electrons. The van der Waals surface area contributed by atoms with Gasteiger partial charge in [0.15, 0.2) is 0 Å². The van der Waals surface area contributed by atoms with Crippen LogP contribution in [0, 0.1) is 5.92 Å². The molecular weight excluding hydrogens is 268 g/mol. The van der Waals surface area contributed by atoms with Crippen LogP contribution >= 0.6 is 0 Å². The zero-order chi connectivity index (χ0) is 15.4. The van der Waals surface area contributed by atoms with E-state index in [-0.39, 0.29) is 11.8 Å². The maximum Gasteiger partial charge on any atom is 0.272 e. The molecule has 0 fully saturated rings. The Bertz CT molecular complexity index is 615. The second-order valence-corrected chi connectivity index (χ2v) is 5.36. The molecule has 2 rings (SSSR count). The normalized spacial score (nSPS) is 12.4. The molecule has 2 N–H and O–H groups in total. The van der Waals surface area contributed by atoms with E-state index >= 15 is 0 Å². The van der Waals surface area contributed by atoms with Crippen LogP contribution in [-0.4, -0.2) is 34.3 Å². The van der Waals surface area contributed by atoms with Crippen molar-refractivity contribution in [1.29, 1.82) is 0 Å². The Morgan fingerprint density at radius 1 is 1.33 bits per heavy atom. The molecule has 6 heteroatoms. The van der Waals surface area contributed by atoms with Crippen molar-refractivity contribution < 1.29 is 9.59 Å². The van der Waals surface area contributed by atoms with E-state index in [2.05, 4.69) is 15.6 Å². The number of imidazole rings is 1. The average Bonchev–Trinajstić information content (AvgIpc) is 2.89. The molecule has 2 aromatic rings. The van der Waals surface area contributed by atoms with Crippen LogP contribution in [0.5, 0.6) is 0 Å². The molecule has 0 saturated carbocycles. The van der Waals surface area contributed by atoms with Crippen LogP contribution in [0.25, 0.3) is 5.65 Å². The first-order valence-electron chi connectivity index (χ1n) is 6.97. The predicted octanol–water partition coefficient (Wildman–Crippen LogP) is 1.22. The van der Waals surface area contributed by atoms with Crippen LogP contribution in [0.15, 0.2) is 30.6 Å². The highest BCUT2D eigenvalue weighted by molar-refractivity contribution is 5.96. The number of carbonyl (C=O) groups excluding carboxylic acids is 2. The van der Waals surface area contributed by atoms with Crippen LogP contribution in [0.2, 0.25) is 0 Å². The third-order valence-corrected chi connectivity index (χ3v) is 3.17. The number of fused-ring (bicyclic) bond motifs is 1. The second kappa shape index (κ2) is 6.39. The highest BCUT2D eigenvalue weighted by Gasteiger charge is 2.22. The first-order valence-corrected chi connectivity index (χ1v) is 6.97. The SMILES string of the molecule is CNC(=O)[C@H](CC(C)C)NC(=O)c1cn2ccccc2n1. The summed E-state index contributed by atoms with van der Waals surface area (Å²) in [5.41, 5.74) is 1.00. The van der Waals surface area contributed by atoms with E-state index in [1.165, 1.54) is 0 Å². The first-order chi connectivity index (χ1) is 10.0. The Balaban J connectivity index is 2.15. The largest absolute Gasteiger partial charge is 0.357 e. The molecule has 0 aliphatic rings. The first kappa shape index (κ1) is 15.0. The minimum Gasteiger partial charge on any atom is -0.357 e. The van der Waals surface area contributed by atoms with E-state index in [0.717, 1.165) is 0 Å². The van der Waals surface area contributed by atoms with Crippen molar-refractivity contribution >= 4 is 17.5 Å². The van der Waals surface area contributed by atoms with Gasteiger partial charge in [0, 0.05) is 19.4 Å². The minimum absolute atomic E-state index is 0.194. The van der Waals surface area contributed by atoms with Crippen molar-refractivity contribution in [2.24, 2.45) is 5.92 Å². The summed E-state index contributed by atoms with van der Waals surface area (Å²) in [7, 11) is 1.56. The lowest BCUT2D eigenvalue weighted by atomic mass is 10.0. The molecule has 0 aliphatic carbocycles. The van der Waals surface area contributed by atoms with Gasteiger partial charge in [-0.05, 0) is 24.5 Å². The molecule has 0 aliphatic heterocycles. The maximum atomic E-state index is 12.3. The number of carbonyl (C=O) groups is 2. The summed E-state index contributed by atoms with van der Waals surface area (Å²) in [5, 5.41) is 5.32. The molecule has 1 atom stereocenters. The summed E-state index contributed by atoms with van der Waals surface area (Å²) < 4.78 is 1.77. The van der Waals surface area contributed by atoms with Gasteiger partial charge < -0.3 is 15.0 Å². The maximum absolute atomic E-state index is 12.3. The number of likely N-dealkylation sites (N-methyl/N-ethyl adjacent to an activating group) is 1. The summed E-state index contributed by atoms with van der Waals surface area (Å²) >= 11 is 0. The standard InChI is InChI=1S/C15H20N4O2/c1-10(2)8-11(14(20)16-3)18-15(21)12-9-19-7-5-4-6-13(19)17-12/h4-7,9-11H,8H2,1-3H3,(H,16,20)(H,18,21)/t11-/m0/s1. The van der Waals surface area contributed by atoms with Crippen LogP contribution in [0.4, 0.5) is 0 Å². The van der Waals surface area contributed by atoms with E-state index in [1.54, 1.807) is 17.6 Å². The molecule has 0 spiro atoms. The Kier molecular flexibility index (Phi) is 4.57. The van der Waals surface area contributed by atoms with Gasteiger partial charge in [-0.3, -0.25) is 9.59 Å². The van der Waals surface area contributed by atoms with Crippen molar-refractivity contribution in [3.05, 3.63) is 36.3 Å². The van der Waals surface area contributed by atoms with Crippen LogP contribution in [0.1, 0.15) is 30.8 Å². The molecule has 2 amide bonds. The summed E-state index contributed by atoms with van der Waals surface area (Å²) in [6.45, 7) is 4.01. The number of amides is 2. The molecule has 0 bridgehead atoms. The number of hydrogen-bond donors (Lipinski definition) is 2. The minimum atomic E-state index is -0.549. The number of nitrogens with one attached hydrogen (secondary N) is 2. The smallest absolute Gasteiger partial charge is 0.272 e. The summed E-state index contributed by atoms with van der Waals surface area (Å²) in [5.74, 6) is -0.234. The lowest BCUT2D eigenvalue weighted by Crippen LogP contribution is -2.46. The predicted molar refractivity (Wildman–Crippen MR) is 80.0 cm³/mol. The number of aromatic nitrogens is 2. The Morgan fingerprint density at radius 2 is 2.10 bits per heavy atom. The van der Waals surface area contributed by atoms with Crippen LogP contribution < -0.4 is 10.6 Å². The molecule has 21 heavy (non-hydrogen) atoms. The molecule has 2 heterocycles. The van der Waals surface area contributed by atoms with Crippen molar-refractivity contribution in [2.75, 3.05) is 7.05 Å². The van der Waals surface area contributed by atoms with Gasteiger partial charge in [0.05, 0.1) is 0 Å². The van der Waals surface area contributed by atoms with Gasteiger partial charge in [0.2, 0.25) is 5.91 Å². The Labute approximate surface area is 123 Å². The fraction of sp³-hybridized carbons (Fsp3) is 0.400. The number of hydrogen-bond acceptors (Lipinski definition) is 3. The molecular formula is C15H20N4O2. The molecule has 112 valence electrons. The zero-order valence-corrected chi connectivity index (χ0v) is 12.5. The molecule has 0 aromatic carbocycles. The average molecular weight is 288 g/mol. The molecule has 2 aromatic heterocycles. The van der Waals surface area contributed by atoms with Crippen molar-refractivity contribution in [2.45, 2.75) is 26.3 Å². The van der Waals surface area contributed by atoms with Crippen molar-refractivity contribution in [3.8, 4) is 0 Å². The van der Waals surface area contributed by atoms with E-state index in [4.69, 9.17) is 0 Å². The Morgan fingerprint density at radius 3 is 2.71 bits per heavy atom. The van der Waals surface area contributed by atoms with E-state index in [0.29, 0.717) is 23.7 Å².